The minimum atomic E-state index is -0.497. The molecule has 1 rings (SSSR count). The Morgan fingerprint density at radius 3 is 2.87 bits per heavy atom. The van der Waals surface area contributed by atoms with Crippen molar-refractivity contribution in [1.29, 1.82) is 0 Å². The van der Waals surface area contributed by atoms with E-state index >= 15 is 0 Å². The van der Waals surface area contributed by atoms with Gasteiger partial charge in [-0.3, -0.25) is 0 Å². The zero-order valence-electron chi connectivity index (χ0n) is 9.62. The largest absolute Gasteiger partial charge is 0.385 e. The summed E-state index contributed by atoms with van der Waals surface area (Å²) in [6.07, 6.45) is 2.40. The maximum atomic E-state index is 6.00. The number of nitrogens with two attached hydrogens (primary N) is 1. The molecule has 0 fully saturated rings. The number of ether oxygens (including phenoxy) is 1. The molecular formula is C10H19N3O2. The smallest absolute Gasteiger partial charge is 0.226 e. The van der Waals surface area contributed by atoms with Crippen molar-refractivity contribution < 1.29 is 9.26 Å². The summed E-state index contributed by atoms with van der Waals surface area (Å²) in [7, 11) is 1.67. The highest BCUT2D eigenvalue weighted by Gasteiger charge is 2.24. The molecule has 0 aliphatic rings. The summed E-state index contributed by atoms with van der Waals surface area (Å²) in [6, 6.07) is 0. The van der Waals surface area contributed by atoms with Crippen molar-refractivity contribution in [3.63, 3.8) is 0 Å². The summed E-state index contributed by atoms with van der Waals surface area (Å²) in [5.74, 6) is 1.21. The van der Waals surface area contributed by atoms with Gasteiger partial charge >= 0.3 is 0 Å². The lowest BCUT2D eigenvalue weighted by Crippen LogP contribution is -2.33. The standard InChI is InChI=1S/C10H19N3O2/c1-4-10(2,11)9-12-8(15-13-9)6-5-7-14-3/h4-7,11H2,1-3H3. The fraction of sp³-hybridized carbons (Fsp3) is 0.800. The van der Waals surface area contributed by atoms with Gasteiger partial charge in [0.1, 0.15) is 0 Å². The fourth-order valence-corrected chi connectivity index (χ4v) is 1.11. The van der Waals surface area contributed by atoms with Crippen LogP contribution in [-0.2, 0) is 16.7 Å². The Labute approximate surface area is 90.0 Å². The summed E-state index contributed by atoms with van der Waals surface area (Å²) >= 11 is 0. The molecule has 5 heteroatoms. The quantitative estimate of drug-likeness (QED) is 0.719. The van der Waals surface area contributed by atoms with Gasteiger partial charge in [-0.2, -0.15) is 4.98 Å². The molecule has 0 aliphatic carbocycles. The van der Waals surface area contributed by atoms with E-state index in [0.717, 1.165) is 19.3 Å². The van der Waals surface area contributed by atoms with E-state index in [1.54, 1.807) is 7.11 Å². The fourth-order valence-electron chi connectivity index (χ4n) is 1.11. The normalized spacial score (nSPS) is 15.2. The van der Waals surface area contributed by atoms with E-state index < -0.39 is 5.54 Å². The summed E-state index contributed by atoms with van der Waals surface area (Å²) in [5.41, 5.74) is 5.50. The minimum absolute atomic E-state index is 0.497. The molecule has 1 aromatic rings. The molecule has 0 amide bonds. The molecule has 0 spiro atoms. The highest BCUT2D eigenvalue weighted by molar-refractivity contribution is 5.00. The van der Waals surface area contributed by atoms with E-state index in [9.17, 15) is 0 Å². The number of aromatic nitrogens is 2. The van der Waals surface area contributed by atoms with Crippen LogP contribution in [0.5, 0.6) is 0 Å². The zero-order chi connectivity index (χ0) is 11.3. The zero-order valence-corrected chi connectivity index (χ0v) is 9.62. The predicted molar refractivity (Wildman–Crippen MR) is 56.3 cm³/mol. The molecule has 0 radical (unpaired) electrons. The van der Waals surface area contributed by atoms with E-state index in [1.807, 2.05) is 13.8 Å². The second kappa shape index (κ2) is 5.23. The molecule has 1 aromatic heterocycles. The van der Waals surface area contributed by atoms with E-state index in [2.05, 4.69) is 10.1 Å². The van der Waals surface area contributed by atoms with Gasteiger partial charge in [-0.15, -0.1) is 0 Å². The molecule has 5 nitrogen and oxygen atoms in total. The van der Waals surface area contributed by atoms with Crippen LogP contribution in [0.2, 0.25) is 0 Å². The van der Waals surface area contributed by atoms with Crippen LogP contribution in [0.4, 0.5) is 0 Å². The van der Waals surface area contributed by atoms with Crippen molar-refractivity contribution in [2.45, 2.75) is 38.6 Å². The molecule has 2 N–H and O–H groups in total. The molecule has 1 unspecified atom stereocenters. The highest BCUT2D eigenvalue weighted by atomic mass is 16.5. The molecule has 1 heterocycles. The average Bonchev–Trinajstić information content (AvgIpc) is 2.68. The summed E-state index contributed by atoms with van der Waals surface area (Å²) < 4.78 is 10.0. The Balaban J connectivity index is 2.56. The summed E-state index contributed by atoms with van der Waals surface area (Å²) in [6.45, 7) is 4.60. The number of methoxy groups -OCH3 is 1. The third kappa shape index (κ3) is 3.28. The van der Waals surface area contributed by atoms with Crippen LogP contribution in [-0.4, -0.2) is 23.9 Å². The van der Waals surface area contributed by atoms with Gasteiger partial charge in [0.2, 0.25) is 5.89 Å². The molecular weight excluding hydrogens is 194 g/mol. The van der Waals surface area contributed by atoms with E-state index in [0.29, 0.717) is 18.3 Å². The van der Waals surface area contributed by atoms with Crippen LogP contribution in [0.15, 0.2) is 4.52 Å². The number of aryl methyl sites for hydroxylation is 1. The van der Waals surface area contributed by atoms with Crippen molar-refractivity contribution in [1.82, 2.24) is 10.1 Å². The average molecular weight is 213 g/mol. The van der Waals surface area contributed by atoms with Crippen LogP contribution >= 0.6 is 0 Å². The first-order chi connectivity index (χ1) is 7.10. The second-order valence-corrected chi connectivity index (χ2v) is 3.88. The van der Waals surface area contributed by atoms with Gasteiger partial charge in [-0.05, 0) is 19.8 Å². The molecule has 0 saturated heterocycles. The second-order valence-electron chi connectivity index (χ2n) is 3.88. The van der Waals surface area contributed by atoms with E-state index in [4.69, 9.17) is 15.0 Å². The Kier molecular flexibility index (Phi) is 4.23. The van der Waals surface area contributed by atoms with Crippen LogP contribution < -0.4 is 5.73 Å². The molecule has 0 aromatic carbocycles. The van der Waals surface area contributed by atoms with Gasteiger partial charge in [0.25, 0.3) is 0 Å². The molecule has 0 bridgehead atoms. The van der Waals surface area contributed by atoms with Crippen molar-refractivity contribution >= 4 is 0 Å². The van der Waals surface area contributed by atoms with E-state index in [1.165, 1.54) is 0 Å². The summed E-state index contributed by atoms with van der Waals surface area (Å²) in [4.78, 5) is 4.27. The van der Waals surface area contributed by atoms with Crippen molar-refractivity contribution in [3.8, 4) is 0 Å². The van der Waals surface area contributed by atoms with Crippen molar-refractivity contribution in [2.75, 3.05) is 13.7 Å². The van der Waals surface area contributed by atoms with Gasteiger partial charge in [-0.1, -0.05) is 12.1 Å². The number of hydrogen-bond donors (Lipinski definition) is 1. The van der Waals surface area contributed by atoms with Gasteiger partial charge in [0.05, 0.1) is 5.54 Å². The molecule has 0 aliphatic heterocycles. The monoisotopic (exact) mass is 213 g/mol. The van der Waals surface area contributed by atoms with Crippen LogP contribution in [0.1, 0.15) is 38.4 Å². The first-order valence-corrected chi connectivity index (χ1v) is 5.21. The maximum Gasteiger partial charge on any atom is 0.226 e. The van der Waals surface area contributed by atoms with Crippen LogP contribution in [0, 0.1) is 0 Å². The van der Waals surface area contributed by atoms with Gasteiger partial charge in [0.15, 0.2) is 5.82 Å². The Hall–Kier alpha value is -0.940. The highest BCUT2D eigenvalue weighted by Crippen LogP contribution is 2.17. The Morgan fingerprint density at radius 2 is 2.27 bits per heavy atom. The lowest BCUT2D eigenvalue weighted by molar-refractivity contribution is 0.192. The molecule has 0 saturated carbocycles. The number of hydrogen-bond acceptors (Lipinski definition) is 5. The first-order valence-electron chi connectivity index (χ1n) is 5.21. The molecule has 86 valence electrons. The van der Waals surface area contributed by atoms with Gasteiger partial charge < -0.3 is 15.0 Å². The third-order valence-electron chi connectivity index (χ3n) is 2.45. The van der Waals surface area contributed by atoms with Gasteiger partial charge in [0, 0.05) is 20.1 Å². The number of rotatable bonds is 6. The SMILES string of the molecule is CCC(C)(N)c1noc(CCCOC)n1. The maximum absolute atomic E-state index is 6.00. The van der Waals surface area contributed by atoms with Crippen molar-refractivity contribution in [3.05, 3.63) is 11.7 Å². The lowest BCUT2D eigenvalue weighted by atomic mass is 10.0. The summed E-state index contributed by atoms with van der Waals surface area (Å²) in [5, 5.41) is 3.89. The molecule has 1 atom stereocenters. The Bertz CT molecular complexity index is 297. The lowest BCUT2D eigenvalue weighted by Gasteiger charge is -2.16. The van der Waals surface area contributed by atoms with Crippen LogP contribution in [0.3, 0.4) is 0 Å². The third-order valence-corrected chi connectivity index (χ3v) is 2.45. The number of nitrogens with zero attached hydrogens (tertiary/aromatic N) is 2. The topological polar surface area (TPSA) is 74.2 Å². The first kappa shape index (κ1) is 12.1. The minimum Gasteiger partial charge on any atom is -0.385 e. The van der Waals surface area contributed by atoms with Crippen molar-refractivity contribution in [2.24, 2.45) is 5.73 Å². The Morgan fingerprint density at radius 1 is 1.53 bits per heavy atom. The van der Waals surface area contributed by atoms with Crippen LogP contribution in [0.25, 0.3) is 0 Å². The van der Waals surface area contributed by atoms with E-state index in [-0.39, 0.29) is 0 Å². The molecule has 15 heavy (non-hydrogen) atoms. The predicted octanol–water partition coefficient (Wildman–Crippen LogP) is 1.23. The van der Waals surface area contributed by atoms with Gasteiger partial charge in [-0.25, -0.2) is 0 Å².